The molecule has 0 aromatic carbocycles. The summed E-state index contributed by atoms with van der Waals surface area (Å²) in [5.41, 5.74) is 3.62. The van der Waals surface area contributed by atoms with Crippen molar-refractivity contribution in [2.75, 3.05) is 5.43 Å². The monoisotopic (exact) mass is 276 g/mol. The molecule has 2 aromatic rings. The predicted octanol–water partition coefficient (Wildman–Crippen LogP) is 1.83. The van der Waals surface area contributed by atoms with Crippen LogP contribution < -0.4 is 11.3 Å². The van der Waals surface area contributed by atoms with E-state index >= 15 is 0 Å². The molecule has 0 saturated heterocycles. The molecule has 1 aliphatic carbocycles. The Balaban J connectivity index is 1.99. The lowest BCUT2D eigenvalue weighted by atomic mass is 10.3. The number of hydrogen-bond donors (Lipinski definition) is 2. The first-order valence-corrected chi connectivity index (χ1v) is 7.01. The second-order valence-corrected chi connectivity index (χ2v) is 5.66. The van der Waals surface area contributed by atoms with Gasteiger partial charge in [0.1, 0.15) is 16.7 Å². The van der Waals surface area contributed by atoms with Crippen molar-refractivity contribution < 1.29 is 0 Å². The minimum absolute atomic E-state index is 0.494. The third-order valence-corrected chi connectivity index (χ3v) is 4.33. The van der Waals surface area contributed by atoms with Gasteiger partial charge in [-0.3, -0.25) is 0 Å². The Labute approximate surface area is 115 Å². The van der Waals surface area contributed by atoms with Gasteiger partial charge >= 0.3 is 0 Å². The van der Waals surface area contributed by atoms with Gasteiger partial charge < -0.3 is 9.99 Å². The zero-order valence-electron chi connectivity index (χ0n) is 10.9. The Morgan fingerprint density at radius 3 is 2.79 bits per heavy atom. The summed E-state index contributed by atoms with van der Waals surface area (Å²) < 4.78 is 1.97. The number of hydrazine groups is 1. The number of anilines is 1. The summed E-state index contributed by atoms with van der Waals surface area (Å²) in [5.74, 6) is 7.62. The fourth-order valence-corrected chi connectivity index (χ4v) is 2.69. The second kappa shape index (κ2) is 4.82. The van der Waals surface area contributed by atoms with Gasteiger partial charge in [-0.25, -0.2) is 20.8 Å². The molecular weight excluding hydrogens is 260 g/mol. The first-order chi connectivity index (χ1) is 9.19. The third kappa shape index (κ3) is 2.43. The van der Waals surface area contributed by atoms with Gasteiger partial charge in [0.15, 0.2) is 5.16 Å². The summed E-state index contributed by atoms with van der Waals surface area (Å²) in [4.78, 5) is 13.5. The molecule has 0 radical (unpaired) electrons. The molecular formula is C12H16N6S. The Kier molecular flexibility index (Phi) is 3.16. The molecule has 1 fully saturated rings. The number of nitrogen functional groups attached to an aromatic ring is 1. The van der Waals surface area contributed by atoms with Crippen molar-refractivity contribution in [2.45, 2.75) is 35.9 Å². The summed E-state index contributed by atoms with van der Waals surface area (Å²) in [6.45, 7) is 1.97. The number of aryl methyl sites for hydroxylation is 1. The first-order valence-electron chi connectivity index (χ1n) is 6.19. The van der Waals surface area contributed by atoms with Crippen LogP contribution in [0.5, 0.6) is 0 Å². The second-order valence-electron chi connectivity index (χ2n) is 4.70. The van der Waals surface area contributed by atoms with E-state index in [0.717, 1.165) is 21.6 Å². The molecule has 0 spiro atoms. The third-order valence-electron chi connectivity index (χ3n) is 3.16. The molecule has 0 aliphatic heterocycles. The summed E-state index contributed by atoms with van der Waals surface area (Å²) >= 11 is 1.54. The Bertz CT molecular complexity index is 604. The van der Waals surface area contributed by atoms with Gasteiger partial charge in [-0.05, 0) is 31.5 Å². The highest BCUT2D eigenvalue weighted by Crippen LogP contribution is 2.40. The van der Waals surface area contributed by atoms with Crippen molar-refractivity contribution in [3.63, 3.8) is 0 Å². The van der Waals surface area contributed by atoms with Crippen LogP contribution in [0.25, 0.3) is 0 Å². The zero-order valence-corrected chi connectivity index (χ0v) is 11.7. The number of hydrogen-bond acceptors (Lipinski definition) is 6. The van der Waals surface area contributed by atoms with Crippen LogP contribution in [-0.4, -0.2) is 19.5 Å². The Hall–Kier alpha value is -1.60. The van der Waals surface area contributed by atoms with E-state index in [1.165, 1.54) is 12.8 Å². The lowest BCUT2D eigenvalue weighted by Crippen LogP contribution is -2.13. The van der Waals surface area contributed by atoms with Crippen molar-refractivity contribution >= 4 is 17.6 Å². The summed E-state index contributed by atoms with van der Waals surface area (Å²) in [7, 11) is 1.97. The maximum atomic E-state index is 5.54. The van der Waals surface area contributed by atoms with Gasteiger partial charge in [-0.1, -0.05) is 0 Å². The molecule has 1 saturated carbocycles. The molecule has 7 heteroatoms. The molecule has 100 valence electrons. The highest BCUT2D eigenvalue weighted by Gasteiger charge is 2.28. The molecule has 1 aliphatic rings. The fourth-order valence-electron chi connectivity index (χ4n) is 1.81. The summed E-state index contributed by atoms with van der Waals surface area (Å²) in [5, 5.41) is 1.82. The van der Waals surface area contributed by atoms with Crippen LogP contribution >= 0.6 is 11.8 Å². The number of aromatic nitrogens is 4. The predicted molar refractivity (Wildman–Crippen MR) is 73.9 cm³/mol. The summed E-state index contributed by atoms with van der Waals surface area (Å²) in [6.07, 6.45) is 6.03. The smallest absolute Gasteiger partial charge is 0.174 e. The van der Waals surface area contributed by atoms with E-state index < -0.39 is 0 Å². The van der Waals surface area contributed by atoms with Crippen molar-refractivity contribution in [1.29, 1.82) is 0 Å². The largest absolute Gasteiger partial charge is 0.329 e. The lowest BCUT2D eigenvalue weighted by molar-refractivity contribution is 0.785. The van der Waals surface area contributed by atoms with Crippen LogP contribution in [-0.2, 0) is 7.05 Å². The number of rotatable bonds is 4. The maximum absolute atomic E-state index is 5.54. The van der Waals surface area contributed by atoms with Crippen LogP contribution in [0, 0.1) is 6.92 Å². The number of imidazole rings is 1. The van der Waals surface area contributed by atoms with E-state index in [-0.39, 0.29) is 0 Å². The highest BCUT2D eigenvalue weighted by molar-refractivity contribution is 7.99. The Morgan fingerprint density at radius 1 is 1.42 bits per heavy atom. The van der Waals surface area contributed by atoms with Crippen LogP contribution in [0.1, 0.15) is 30.1 Å². The molecule has 0 unspecified atom stereocenters. The van der Waals surface area contributed by atoms with Crippen LogP contribution in [0.2, 0.25) is 0 Å². The average molecular weight is 276 g/mol. The minimum atomic E-state index is 0.494. The van der Waals surface area contributed by atoms with Crippen molar-refractivity contribution in [3.05, 3.63) is 23.8 Å². The highest BCUT2D eigenvalue weighted by atomic mass is 32.2. The van der Waals surface area contributed by atoms with Crippen LogP contribution in [0.15, 0.2) is 22.6 Å². The molecule has 2 heterocycles. The van der Waals surface area contributed by atoms with Crippen molar-refractivity contribution in [1.82, 2.24) is 19.5 Å². The van der Waals surface area contributed by atoms with Crippen molar-refractivity contribution in [2.24, 2.45) is 12.9 Å². The average Bonchev–Trinajstić information content (AvgIpc) is 3.17. The van der Waals surface area contributed by atoms with Gasteiger partial charge in [0, 0.05) is 30.9 Å². The van der Waals surface area contributed by atoms with Gasteiger partial charge in [0.05, 0.1) is 0 Å². The molecule has 3 N–H and O–H groups in total. The minimum Gasteiger partial charge on any atom is -0.329 e. The molecule has 19 heavy (non-hydrogen) atoms. The van der Waals surface area contributed by atoms with E-state index in [2.05, 4.69) is 20.4 Å². The number of nitrogens with one attached hydrogen (secondary N) is 1. The van der Waals surface area contributed by atoms with Crippen LogP contribution in [0.3, 0.4) is 0 Å². The van der Waals surface area contributed by atoms with Gasteiger partial charge in [-0.2, -0.15) is 0 Å². The first kappa shape index (κ1) is 12.4. The van der Waals surface area contributed by atoms with E-state index in [9.17, 15) is 0 Å². The lowest BCUT2D eigenvalue weighted by Gasteiger charge is -2.11. The molecule has 0 atom stereocenters. The van der Waals surface area contributed by atoms with E-state index in [4.69, 9.17) is 5.84 Å². The molecule has 0 amide bonds. The quantitative estimate of drug-likeness (QED) is 0.504. The standard InChI is InChI=1S/C12H16N6S/c1-7-9(17-13)15-10(8-3-4-8)16-11(7)19-12-14-5-6-18(12)2/h5-6,8H,3-4,13H2,1-2H3,(H,15,16,17). The summed E-state index contributed by atoms with van der Waals surface area (Å²) in [6, 6.07) is 0. The number of nitrogens with zero attached hydrogens (tertiary/aromatic N) is 4. The van der Waals surface area contributed by atoms with E-state index in [1.54, 1.807) is 18.0 Å². The maximum Gasteiger partial charge on any atom is 0.174 e. The SMILES string of the molecule is Cc1c(NN)nc(C2CC2)nc1Sc1nccn1C. The van der Waals surface area contributed by atoms with E-state index in [1.807, 2.05) is 24.7 Å². The molecule has 3 rings (SSSR count). The molecule has 0 bridgehead atoms. The zero-order chi connectivity index (χ0) is 13.4. The number of nitrogens with two attached hydrogens (primary N) is 1. The van der Waals surface area contributed by atoms with Gasteiger partial charge in [0.2, 0.25) is 0 Å². The Morgan fingerprint density at radius 2 is 2.21 bits per heavy atom. The fraction of sp³-hybridized carbons (Fsp3) is 0.417. The van der Waals surface area contributed by atoms with Crippen molar-refractivity contribution in [3.8, 4) is 0 Å². The normalized spacial score (nSPS) is 14.7. The van der Waals surface area contributed by atoms with Gasteiger partial charge in [-0.15, -0.1) is 0 Å². The van der Waals surface area contributed by atoms with E-state index in [0.29, 0.717) is 11.7 Å². The molecule has 2 aromatic heterocycles. The van der Waals surface area contributed by atoms with Gasteiger partial charge in [0.25, 0.3) is 0 Å². The topological polar surface area (TPSA) is 81.7 Å². The van der Waals surface area contributed by atoms with Crippen LogP contribution in [0.4, 0.5) is 5.82 Å². The molecule has 6 nitrogen and oxygen atoms in total.